The summed E-state index contributed by atoms with van der Waals surface area (Å²) < 4.78 is 0. The van der Waals surface area contributed by atoms with Crippen LogP contribution in [-0.4, -0.2) is 11.4 Å². The van der Waals surface area contributed by atoms with Crippen LogP contribution >= 0.6 is 46.4 Å². The zero-order chi connectivity index (χ0) is 17.7. The summed E-state index contributed by atoms with van der Waals surface area (Å²) in [6.07, 6.45) is 0. The van der Waals surface area contributed by atoms with Crippen LogP contribution in [0.4, 0.5) is 11.4 Å². The van der Waals surface area contributed by atoms with E-state index in [0.29, 0.717) is 31.5 Å². The van der Waals surface area contributed by atoms with Crippen molar-refractivity contribution in [2.45, 2.75) is 13.8 Å². The second-order valence-electron chi connectivity index (χ2n) is 4.88. The molecule has 0 aromatic heterocycles. The summed E-state index contributed by atoms with van der Waals surface area (Å²) >= 11 is 23.7. The van der Waals surface area contributed by atoms with Gasteiger partial charge in [0, 0.05) is 0 Å². The van der Waals surface area contributed by atoms with Crippen molar-refractivity contribution >= 4 is 69.2 Å². The molecule has 0 spiro atoms. The van der Waals surface area contributed by atoms with E-state index in [2.05, 4.69) is 21.1 Å². The minimum Gasteiger partial charge on any atom is -0.278 e. The predicted octanol–water partition coefficient (Wildman–Crippen LogP) is 6.58. The van der Waals surface area contributed by atoms with E-state index in [9.17, 15) is 0 Å². The molecule has 0 aliphatic carbocycles. The molecule has 2 aromatic carbocycles. The Balaban J connectivity index is 2.02. The van der Waals surface area contributed by atoms with Gasteiger partial charge in [-0.05, 0) is 50.2 Å². The molecule has 24 heavy (non-hydrogen) atoms. The fourth-order valence-electron chi connectivity index (χ4n) is 1.59. The van der Waals surface area contributed by atoms with Gasteiger partial charge < -0.3 is 0 Å². The van der Waals surface area contributed by atoms with E-state index in [-0.39, 0.29) is 0 Å². The van der Waals surface area contributed by atoms with E-state index in [1.807, 2.05) is 13.8 Å². The molecular weight excluding hydrogens is 390 g/mol. The summed E-state index contributed by atoms with van der Waals surface area (Å²) in [4.78, 5) is 0. The lowest BCUT2D eigenvalue weighted by atomic mass is 10.3. The first-order chi connectivity index (χ1) is 11.4. The molecule has 0 saturated carbocycles. The molecule has 2 aromatic rings. The molecule has 126 valence electrons. The van der Waals surface area contributed by atoms with Crippen LogP contribution in [0.5, 0.6) is 0 Å². The summed E-state index contributed by atoms with van der Waals surface area (Å²) in [5, 5.41) is 10.4. The van der Waals surface area contributed by atoms with E-state index in [0.717, 1.165) is 11.4 Å². The number of anilines is 2. The minimum absolute atomic E-state index is 0.459. The topological polar surface area (TPSA) is 48.8 Å². The highest BCUT2D eigenvalue weighted by Crippen LogP contribution is 2.25. The van der Waals surface area contributed by atoms with Crippen LogP contribution in [0.3, 0.4) is 0 Å². The van der Waals surface area contributed by atoms with Gasteiger partial charge in [-0.25, -0.2) is 0 Å². The minimum atomic E-state index is 0.459. The van der Waals surface area contributed by atoms with Gasteiger partial charge in [0.15, 0.2) is 0 Å². The standard InChI is InChI=1S/C16H14Cl4N4/c1-9(21-23-11-3-5-13(17)15(19)7-11)10(2)22-24-12-4-6-14(18)16(20)8-12/h3-8,23-24H,1-2H3/b21-9+,22-10+. The van der Waals surface area contributed by atoms with Gasteiger partial charge in [-0.15, -0.1) is 0 Å². The predicted molar refractivity (Wildman–Crippen MR) is 106 cm³/mol. The number of halogens is 4. The Morgan fingerprint density at radius 2 is 1.04 bits per heavy atom. The maximum atomic E-state index is 5.96. The van der Waals surface area contributed by atoms with Gasteiger partial charge in [0.2, 0.25) is 0 Å². The molecule has 2 N–H and O–H groups in total. The Hall–Kier alpha value is -1.46. The smallest absolute Gasteiger partial charge is 0.0805 e. The average molecular weight is 404 g/mol. The quantitative estimate of drug-likeness (QED) is 0.437. The lowest BCUT2D eigenvalue weighted by Gasteiger charge is -2.06. The highest BCUT2D eigenvalue weighted by Gasteiger charge is 2.02. The molecule has 0 bridgehead atoms. The van der Waals surface area contributed by atoms with E-state index in [4.69, 9.17) is 46.4 Å². The molecule has 0 radical (unpaired) electrons. The maximum Gasteiger partial charge on any atom is 0.0805 e. The van der Waals surface area contributed by atoms with E-state index in [1.54, 1.807) is 36.4 Å². The lowest BCUT2D eigenvalue weighted by Crippen LogP contribution is -2.10. The maximum absolute atomic E-state index is 5.96. The fraction of sp³-hybridized carbons (Fsp3) is 0.125. The largest absolute Gasteiger partial charge is 0.278 e. The molecule has 0 aliphatic heterocycles. The van der Waals surface area contributed by atoms with Crippen molar-refractivity contribution in [1.82, 2.24) is 0 Å². The van der Waals surface area contributed by atoms with E-state index in [1.165, 1.54) is 0 Å². The van der Waals surface area contributed by atoms with E-state index < -0.39 is 0 Å². The Labute approximate surface area is 160 Å². The molecule has 0 unspecified atom stereocenters. The molecule has 8 heteroatoms. The van der Waals surface area contributed by atoms with E-state index >= 15 is 0 Å². The third-order valence-electron chi connectivity index (χ3n) is 3.07. The van der Waals surface area contributed by atoms with Crippen molar-refractivity contribution in [2.24, 2.45) is 10.2 Å². The van der Waals surface area contributed by atoms with Gasteiger partial charge >= 0.3 is 0 Å². The Bertz CT molecular complexity index is 735. The first-order valence-corrected chi connectivity index (χ1v) is 8.39. The van der Waals surface area contributed by atoms with Crippen molar-refractivity contribution in [2.75, 3.05) is 10.9 Å². The Kier molecular flexibility index (Phi) is 6.75. The summed E-state index contributed by atoms with van der Waals surface area (Å²) in [7, 11) is 0. The molecule has 0 aliphatic rings. The van der Waals surface area contributed by atoms with Gasteiger partial charge in [-0.3, -0.25) is 10.9 Å². The number of hydrazone groups is 2. The van der Waals surface area contributed by atoms with Crippen molar-refractivity contribution < 1.29 is 0 Å². The van der Waals surface area contributed by atoms with Crippen LogP contribution in [0.2, 0.25) is 20.1 Å². The van der Waals surface area contributed by atoms with Crippen molar-refractivity contribution in [1.29, 1.82) is 0 Å². The lowest BCUT2D eigenvalue weighted by molar-refractivity contribution is 1.31. The number of benzene rings is 2. The number of rotatable bonds is 5. The van der Waals surface area contributed by atoms with Gasteiger partial charge in [0.05, 0.1) is 42.9 Å². The first-order valence-electron chi connectivity index (χ1n) is 6.88. The fourth-order valence-corrected chi connectivity index (χ4v) is 2.19. The van der Waals surface area contributed by atoms with Crippen LogP contribution in [-0.2, 0) is 0 Å². The zero-order valence-electron chi connectivity index (χ0n) is 12.9. The molecule has 0 atom stereocenters. The summed E-state index contributed by atoms with van der Waals surface area (Å²) in [5.74, 6) is 0. The SMILES string of the molecule is CC(=N\Nc1ccc(Cl)c(Cl)c1)/C(C)=N/Nc1ccc(Cl)c(Cl)c1. The van der Waals surface area contributed by atoms with Gasteiger partial charge in [-0.1, -0.05) is 46.4 Å². The monoisotopic (exact) mass is 402 g/mol. The Morgan fingerprint density at radius 1 is 0.667 bits per heavy atom. The van der Waals surface area contributed by atoms with Crippen LogP contribution in [0.1, 0.15) is 13.8 Å². The van der Waals surface area contributed by atoms with Crippen molar-refractivity contribution in [3.8, 4) is 0 Å². The highest BCUT2D eigenvalue weighted by atomic mass is 35.5. The second kappa shape index (κ2) is 8.58. The zero-order valence-corrected chi connectivity index (χ0v) is 15.9. The molecular formula is C16H14Cl4N4. The number of hydrogen-bond donors (Lipinski definition) is 2. The van der Waals surface area contributed by atoms with Crippen LogP contribution < -0.4 is 10.9 Å². The molecule has 0 saturated heterocycles. The molecule has 4 nitrogen and oxygen atoms in total. The van der Waals surface area contributed by atoms with Crippen LogP contribution in [0.25, 0.3) is 0 Å². The number of nitrogens with one attached hydrogen (secondary N) is 2. The van der Waals surface area contributed by atoms with Gasteiger partial charge in [-0.2, -0.15) is 10.2 Å². The normalized spacial score (nSPS) is 12.2. The molecule has 0 heterocycles. The first kappa shape index (κ1) is 18.9. The van der Waals surface area contributed by atoms with Crippen LogP contribution in [0.15, 0.2) is 46.6 Å². The molecule has 2 rings (SSSR count). The van der Waals surface area contributed by atoms with Gasteiger partial charge in [0.1, 0.15) is 0 Å². The number of hydrogen-bond acceptors (Lipinski definition) is 4. The van der Waals surface area contributed by atoms with Crippen molar-refractivity contribution in [3.05, 3.63) is 56.5 Å². The third kappa shape index (κ3) is 5.28. The average Bonchev–Trinajstić information content (AvgIpc) is 2.56. The highest BCUT2D eigenvalue weighted by molar-refractivity contribution is 6.43. The number of nitrogens with zero attached hydrogens (tertiary/aromatic N) is 2. The van der Waals surface area contributed by atoms with Crippen molar-refractivity contribution in [3.63, 3.8) is 0 Å². The van der Waals surface area contributed by atoms with Gasteiger partial charge in [0.25, 0.3) is 0 Å². The summed E-state index contributed by atoms with van der Waals surface area (Å²) in [5.41, 5.74) is 8.68. The third-order valence-corrected chi connectivity index (χ3v) is 4.55. The molecule has 0 fully saturated rings. The van der Waals surface area contributed by atoms with Crippen LogP contribution in [0, 0.1) is 0 Å². The summed E-state index contributed by atoms with van der Waals surface area (Å²) in [6, 6.07) is 10.4. The summed E-state index contributed by atoms with van der Waals surface area (Å²) in [6.45, 7) is 3.67. The second-order valence-corrected chi connectivity index (χ2v) is 6.50. The Morgan fingerprint density at radius 3 is 1.38 bits per heavy atom. The molecule has 0 amide bonds.